The molecule has 2 rings (SSSR count). The van der Waals surface area contributed by atoms with Gasteiger partial charge in [-0.05, 0) is 50.9 Å². The van der Waals surface area contributed by atoms with Crippen LogP contribution < -0.4 is 0 Å². The van der Waals surface area contributed by atoms with Gasteiger partial charge in [-0.25, -0.2) is 0 Å². The van der Waals surface area contributed by atoms with Crippen LogP contribution in [0.1, 0.15) is 42.6 Å². The molecule has 0 amide bonds. The Kier molecular flexibility index (Phi) is 5.34. The Hall–Kier alpha value is -0.930. The summed E-state index contributed by atoms with van der Waals surface area (Å²) in [6, 6.07) is 4.51. The van der Waals surface area contributed by atoms with Gasteiger partial charge in [-0.1, -0.05) is 13.0 Å². The molecular formula is C16H26N2O. The maximum absolute atomic E-state index is 5.48. The standard InChI is InChI=1S/C16H26N2O/c1-4-14-5-6-15(13-8-11-19-12-9-13)16(17-14)7-10-18(2)3/h5-6,13H,4,7-12H2,1-3H3. The number of hydrogen-bond donors (Lipinski definition) is 0. The molecular weight excluding hydrogens is 236 g/mol. The first-order valence-corrected chi connectivity index (χ1v) is 7.42. The van der Waals surface area contributed by atoms with E-state index in [0.29, 0.717) is 5.92 Å². The van der Waals surface area contributed by atoms with Crippen LogP contribution in [0.3, 0.4) is 0 Å². The summed E-state index contributed by atoms with van der Waals surface area (Å²) in [7, 11) is 4.25. The summed E-state index contributed by atoms with van der Waals surface area (Å²) >= 11 is 0. The molecule has 1 saturated heterocycles. The normalized spacial score (nSPS) is 17.1. The van der Waals surface area contributed by atoms with Crippen molar-refractivity contribution in [3.05, 3.63) is 29.1 Å². The van der Waals surface area contributed by atoms with Crippen LogP contribution in [0.2, 0.25) is 0 Å². The summed E-state index contributed by atoms with van der Waals surface area (Å²) in [5.41, 5.74) is 3.98. The number of nitrogens with zero attached hydrogens (tertiary/aromatic N) is 2. The van der Waals surface area contributed by atoms with Gasteiger partial charge >= 0.3 is 0 Å². The van der Waals surface area contributed by atoms with Gasteiger partial charge in [0.1, 0.15) is 0 Å². The molecule has 0 atom stereocenters. The van der Waals surface area contributed by atoms with Gasteiger partial charge in [-0.3, -0.25) is 4.98 Å². The number of ether oxygens (including phenoxy) is 1. The summed E-state index contributed by atoms with van der Waals surface area (Å²) in [6.07, 6.45) is 4.35. The molecule has 1 aromatic rings. The molecule has 3 nitrogen and oxygen atoms in total. The Morgan fingerprint density at radius 2 is 2.00 bits per heavy atom. The van der Waals surface area contributed by atoms with Crippen molar-refractivity contribution in [1.82, 2.24) is 9.88 Å². The minimum atomic E-state index is 0.643. The molecule has 1 aliphatic heterocycles. The van der Waals surface area contributed by atoms with Crippen molar-refractivity contribution >= 4 is 0 Å². The van der Waals surface area contributed by atoms with E-state index in [9.17, 15) is 0 Å². The van der Waals surface area contributed by atoms with Crippen molar-refractivity contribution in [1.29, 1.82) is 0 Å². The van der Waals surface area contributed by atoms with E-state index in [2.05, 4.69) is 38.1 Å². The second-order valence-corrected chi connectivity index (χ2v) is 5.63. The average Bonchev–Trinajstić information content (AvgIpc) is 2.45. The van der Waals surface area contributed by atoms with E-state index in [4.69, 9.17) is 9.72 Å². The summed E-state index contributed by atoms with van der Waals surface area (Å²) in [5, 5.41) is 0. The fourth-order valence-electron chi connectivity index (χ4n) is 2.66. The fraction of sp³-hybridized carbons (Fsp3) is 0.688. The first-order valence-electron chi connectivity index (χ1n) is 7.42. The van der Waals surface area contributed by atoms with E-state index >= 15 is 0 Å². The number of rotatable bonds is 5. The molecule has 3 heteroatoms. The molecule has 19 heavy (non-hydrogen) atoms. The number of aromatic nitrogens is 1. The van der Waals surface area contributed by atoms with E-state index < -0.39 is 0 Å². The number of hydrogen-bond acceptors (Lipinski definition) is 3. The van der Waals surface area contributed by atoms with Crippen LogP contribution in [0.4, 0.5) is 0 Å². The predicted octanol–water partition coefficient (Wildman–Crippen LogP) is 2.64. The smallest absolute Gasteiger partial charge is 0.0471 e. The fourth-order valence-corrected chi connectivity index (χ4v) is 2.66. The van der Waals surface area contributed by atoms with Crippen LogP contribution in [0, 0.1) is 0 Å². The minimum absolute atomic E-state index is 0.643. The minimum Gasteiger partial charge on any atom is -0.381 e. The quantitative estimate of drug-likeness (QED) is 0.815. The monoisotopic (exact) mass is 262 g/mol. The van der Waals surface area contributed by atoms with Gasteiger partial charge in [-0.2, -0.15) is 0 Å². The third-order valence-corrected chi connectivity index (χ3v) is 3.89. The summed E-state index contributed by atoms with van der Waals surface area (Å²) in [4.78, 5) is 7.10. The molecule has 0 spiro atoms. The first kappa shape index (κ1) is 14.5. The molecule has 0 aromatic carbocycles. The van der Waals surface area contributed by atoms with Crippen LogP contribution in [0.25, 0.3) is 0 Å². The van der Waals surface area contributed by atoms with Crippen molar-refractivity contribution in [3.63, 3.8) is 0 Å². The second kappa shape index (κ2) is 7.01. The third-order valence-electron chi connectivity index (χ3n) is 3.89. The Morgan fingerprint density at radius 1 is 1.26 bits per heavy atom. The highest BCUT2D eigenvalue weighted by atomic mass is 16.5. The van der Waals surface area contributed by atoms with E-state index in [1.807, 2.05) is 0 Å². The maximum atomic E-state index is 5.48. The lowest BCUT2D eigenvalue weighted by molar-refractivity contribution is 0.0850. The zero-order valence-corrected chi connectivity index (χ0v) is 12.5. The van der Waals surface area contributed by atoms with E-state index in [1.54, 1.807) is 0 Å². The highest BCUT2D eigenvalue weighted by Crippen LogP contribution is 2.29. The molecule has 1 aliphatic rings. The Balaban J connectivity index is 2.19. The lowest BCUT2D eigenvalue weighted by Crippen LogP contribution is -2.20. The van der Waals surface area contributed by atoms with Gasteiger partial charge in [0.25, 0.3) is 0 Å². The molecule has 0 unspecified atom stereocenters. The van der Waals surface area contributed by atoms with Crippen LogP contribution in [-0.2, 0) is 17.6 Å². The molecule has 2 heterocycles. The topological polar surface area (TPSA) is 25.4 Å². The largest absolute Gasteiger partial charge is 0.381 e. The van der Waals surface area contributed by atoms with Crippen molar-refractivity contribution < 1.29 is 4.74 Å². The molecule has 0 N–H and O–H groups in total. The first-order chi connectivity index (χ1) is 9.20. The zero-order valence-electron chi connectivity index (χ0n) is 12.5. The SMILES string of the molecule is CCc1ccc(C2CCOCC2)c(CCN(C)C)n1. The Bertz CT molecular complexity index is 398. The Labute approximate surface area is 117 Å². The van der Waals surface area contributed by atoms with Crippen LogP contribution >= 0.6 is 0 Å². The van der Waals surface area contributed by atoms with Gasteiger partial charge in [-0.15, -0.1) is 0 Å². The number of aryl methyl sites for hydroxylation is 1. The van der Waals surface area contributed by atoms with E-state index in [1.165, 1.54) is 17.0 Å². The van der Waals surface area contributed by atoms with Gasteiger partial charge in [0.15, 0.2) is 0 Å². The Morgan fingerprint density at radius 3 is 2.63 bits per heavy atom. The van der Waals surface area contributed by atoms with Gasteiger partial charge in [0, 0.05) is 37.6 Å². The van der Waals surface area contributed by atoms with Crippen molar-refractivity contribution in [2.75, 3.05) is 33.9 Å². The highest BCUT2D eigenvalue weighted by molar-refractivity contribution is 5.27. The number of pyridine rings is 1. The second-order valence-electron chi connectivity index (χ2n) is 5.63. The van der Waals surface area contributed by atoms with Gasteiger partial charge in [0.05, 0.1) is 0 Å². The number of likely N-dealkylation sites (N-methyl/N-ethyl adjacent to an activating group) is 1. The lowest BCUT2D eigenvalue weighted by atomic mass is 9.89. The molecule has 0 radical (unpaired) electrons. The van der Waals surface area contributed by atoms with Crippen LogP contribution in [0.15, 0.2) is 12.1 Å². The maximum Gasteiger partial charge on any atom is 0.0471 e. The third kappa shape index (κ3) is 4.02. The highest BCUT2D eigenvalue weighted by Gasteiger charge is 2.19. The molecule has 1 aromatic heterocycles. The average molecular weight is 262 g/mol. The van der Waals surface area contributed by atoms with Crippen LogP contribution in [0.5, 0.6) is 0 Å². The van der Waals surface area contributed by atoms with Crippen molar-refractivity contribution in [2.45, 2.75) is 38.5 Å². The summed E-state index contributed by atoms with van der Waals surface area (Å²) in [5.74, 6) is 0.643. The van der Waals surface area contributed by atoms with E-state index in [-0.39, 0.29) is 0 Å². The molecule has 0 bridgehead atoms. The molecule has 106 valence electrons. The molecule has 0 saturated carbocycles. The lowest BCUT2D eigenvalue weighted by Gasteiger charge is -2.25. The zero-order chi connectivity index (χ0) is 13.7. The van der Waals surface area contributed by atoms with Crippen LogP contribution in [-0.4, -0.2) is 43.7 Å². The van der Waals surface area contributed by atoms with E-state index in [0.717, 1.165) is 45.4 Å². The molecule has 0 aliphatic carbocycles. The van der Waals surface area contributed by atoms with Crippen molar-refractivity contribution in [2.24, 2.45) is 0 Å². The summed E-state index contributed by atoms with van der Waals surface area (Å²) < 4.78 is 5.48. The van der Waals surface area contributed by atoms with Crippen molar-refractivity contribution in [3.8, 4) is 0 Å². The van der Waals surface area contributed by atoms with Gasteiger partial charge < -0.3 is 9.64 Å². The molecule has 1 fully saturated rings. The van der Waals surface area contributed by atoms with Gasteiger partial charge in [0.2, 0.25) is 0 Å². The summed E-state index contributed by atoms with van der Waals surface area (Å²) in [6.45, 7) is 5.03. The predicted molar refractivity (Wildman–Crippen MR) is 78.7 cm³/mol.